The molecule has 1 aromatic heterocycles. The third-order valence-corrected chi connectivity index (χ3v) is 2.98. The van der Waals surface area contributed by atoms with Crippen LogP contribution in [0.1, 0.15) is 16.1 Å². The molecule has 2 rings (SSSR count). The Balaban J connectivity index is 2.66. The topological polar surface area (TPSA) is 66.0 Å². The van der Waals surface area contributed by atoms with E-state index in [4.69, 9.17) is 5.11 Å². The highest BCUT2D eigenvalue weighted by Gasteiger charge is 2.19. The molecule has 1 aromatic carbocycles. The number of aryl methyl sites for hydroxylation is 1. The van der Waals surface area contributed by atoms with E-state index in [0.29, 0.717) is 11.4 Å². The number of hydrogen-bond acceptors (Lipinski definition) is 2. The zero-order valence-corrected chi connectivity index (χ0v) is 10.1. The molecule has 2 aromatic rings. The lowest BCUT2D eigenvalue weighted by Crippen LogP contribution is -1.99. The van der Waals surface area contributed by atoms with Gasteiger partial charge in [0.2, 0.25) is 0 Å². The van der Waals surface area contributed by atoms with Crippen molar-refractivity contribution in [3.05, 3.63) is 40.0 Å². The Morgan fingerprint density at radius 3 is 2.75 bits per heavy atom. The molecule has 0 atom stereocenters. The molecule has 0 fully saturated rings. The molecule has 0 aliphatic carbocycles. The highest BCUT2D eigenvalue weighted by Crippen LogP contribution is 2.30. The fourth-order valence-corrected chi connectivity index (χ4v) is 2.01. The SMILES string of the molecule is Cc1[nH]nc(-c2ccccc2Br)c1C(=O)O. The monoisotopic (exact) mass is 280 g/mol. The number of aromatic nitrogens is 2. The van der Waals surface area contributed by atoms with Crippen LogP contribution in [0.25, 0.3) is 11.3 Å². The van der Waals surface area contributed by atoms with Gasteiger partial charge in [0.1, 0.15) is 11.3 Å². The number of nitrogens with one attached hydrogen (secondary N) is 1. The molecule has 5 heteroatoms. The summed E-state index contributed by atoms with van der Waals surface area (Å²) in [4.78, 5) is 11.1. The van der Waals surface area contributed by atoms with E-state index in [1.807, 2.05) is 24.3 Å². The molecule has 0 bridgehead atoms. The average Bonchev–Trinajstić information content (AvgIpc) is 2.61. The summed E-state index contributed by atoms with van der Waals surface area (Å²) in [5.41, 5.74) is 1.99. The van der Waals surface area contributed by atoms with Crippen LogP contribution < -0.4 is 0 Å². The highest BCUT2D eigenvalue weighted by molar-refractivity contribution is 9.10. The van der Waals surface area contributed by atoms with Gasteiger partial charge in [-0.1, -0.05) is 34.1 Å². The lowest BCUT2D eigenvalue weighted by Gasteiger charge is -2.01. The number of benzene rings is 1. The van der Waals surface area contributed by atoms with E-state index in [1.54, 1.807) is 6.92 Å². The first-order valence-electron chi connectivity index (χ1n) is 4.64. The molecule has 0 unspecified atom stereocenters. The van der Waals surface area contributed by atoms with Crippen LogP contribution in [-0.2, 0) is 0 Å². The van der Waals surface area contributed by atoms with Gasteiger partial charge in [0, 0.05) is 15.7 Å². The predicted molar refractivity (Wildman–Crippen MR) is 63.4 cm³/mol. The molecule has 82 valence electrons. The van der Waals surface area contributed by atoms with Gasteiger partial charge < -0.3 is 5.11 Å². The van der Waals surface area contributed by atoms with Crippen LogP contribution in [0, 0.1) is 6.92 Å². The van der Waals surface area contributed by atoms with Gasteiger partial charge in [-0.15, -0.1) is 0 Å². The number of carboxylic acid groups (broad SMARTS) is 1. The number of aromatic carboxylic acids is 1. The van der Waals surface area contributed by atoms with E-state index in [2.05, 4.69) is 26.1 Å². The molecule has 0 saturated carbocycles. The molecule has 0 aliphatic heterocycles. The van der Waals surface area contributed by atoms with Crippen molar-refractivity contribution in [2.24, 2.45) is 0 Å². The van der Waals surface area contributed by atoms with E-state index in [0.717, 1.165) is 10.0 Å². The first-order chi connectivity index (χ1) is 7.61. The highest BCUT2D eigenvalue weighted by atomic mass is 79.9. The number of aromatic amines is 1. The Morgan fingerprint density at radius 1 is 1.44 bits per heavy atom. The number of halogens is 1. The van der Waals surface area contributed by atoms with Crippen molar-refractivity contribution >= 4 is 21.9 Å². The van der Waals surface area contributed by atoms with Gasteiger partial charge in [0.25, 0.3) is 0 Å². The van der Waals surface area contributed by atoms with Crippen molar-refractivity contribution in [1.29, 1.82) is 0 Å². The minimum absolute atomic E-state index is 0.215. The molecule has 0 saturated heterocycles. The Hall–Kier alpha value is -1.62. The Kier molecular flexibility index (Phi) is 2.78. The van der Waals surface area contributed by atoms with Crippen molar-refractivity contribution < 1.29 is 9.90 Å². The summed E-state index contributed by atoms with van der Waals surface area (Å²) in [7, 11) is 0. The molecule has 0 amide bonds. The predicted octanol–water partition coefficient (Wildman–Crippen LogP) is 2.85. The zero-order chi connectivity index (χ0) is 11.7. The van der Waals surface area contributed by atoms with Gasteiger partial charge in [-0.05, 0) is 13.0 Å². The van der Waals surface area contributed by atoms with Crippen molar-refractivity contribution in [3.63, 3.8) is 0 Å². The average molecular weight is 281 g/mol. The van der Waals surface area contributed by atoms with Gasteiger partial charge in [-0.3, -0.25) is 5.10 Å². The van der Waals surface area contributed by atoms with Gasteiger partial charge >= 0.3 is 5.97 Å². The first-order valence-corrected chi connectivity index (χ1v) is 5.43. The largest absolute Gasteiger partial charge is 0.478 e. The fourth-order valence-electron chi connectivity index (χ4n) is 1.54. The van der Waals surface area contributed by atoms with Crippen LogP contribution in [0.3, 0.4) is 0 Å². The number of hydrogen-bond donors (Lipinski definition) is 2. The lowest BCUT2D eigenvalue weighted by atomic mass is 10.1. The minimum Gasteiger partial charge on any atom is -0.478 e. The minimum atomic E-state index is -0.975. The molecule has 0 spiro atoms. The molecular formula is C11H9BrN2O2. The fraction of sp³-hybridized carbons (Fsp3) is 0.0909. The maximum atomic E-state index is 11.1. The Labute approximate surface area is 100 Å². The van der Waals surface area contributed by atoms with Crippen LogP contribution in [0.5, 0.6) is 0 Å². The van der Waals surface area contributed by atoms with Gasteiger partial charge in [-0.25, -0.2) is 4.79 Å². The number of H-pyrrole nitrogens is 1. The van der Waals surface area contributed by atoms with E-state index in [-0.39, 0.29) is 5.56 Å². The normalized spacial score (nSPS) is 10.4. The van der Waals surface area contributed by atoms with Crippen molar-refractivity contribution in [1.82, 2.24) is 10.2 Å². The quantitative estimate of drug-likeness (QED) is 0.889. The molecule has 2 N–H and O–H groups in total. The molecular weight excluding hydrogens is 272 g/mol. The van der Waals surface area contributed by atoms with E-state index >= 15 is 0 Å². The van der Waals surface area contributed by atoms with Crippen molar-refractivity contribution in [3.8, 4) is 11.3 Å². The van der Waals surface area contributed by atoms with Crippen LogP contribution in [0.2, 0.25) is 0 Å². The van der Waals surface area contributed by atoms with Crippen LogP contribution in [-0.4, -0.2) is 21.3 Å². The number of carboxylic acids is 1. The summed E-state index contributed by atoms with van der Waals surface area (Å²) in [5.74, 6) is -0.975. The third-order valence-electron chi connectivity index (χ3n) is 2.29. The van der Waals surface area contributed by atoms with Gasteiger partial charge in [0.05, 0.1) is 0 Å². The van der Waals surface area contributed by atoms with Crippen LogP contribution >= 0.6 is 15.9 Å². The van der Waals surface area contributed by atoms with E-state index < -0.39 is 5.97 Å². The molecule has 0 radical (unpaired) electrons. The lowest BCUT2D eigenvalue weighted by molar-refractivity contribution is 0.0697. The Morgan fingerprint density at radius 2 is 2.12 bits per heavy atom. The maximum Gasteiger partial charge on any atom is 0.339 e. The second-order valence-electron chi connectivity index (χ2n) is 3.36. The number of rotatable bonds is 2. The van der Waals surface area contributed by atoms with Crippen molar-refractivity contribution in [2.75, 3.05) is 0 Å². The molecule has 1 heterocycles. The summed E-state index contributed by atoms with van der Waals surface area (Å²) in [6.07, 6.45) is 0. The number of carbonyl (C=O) groups is 1. The number of nitrogens with zero attached hydrogens (tertiary/aromatic N) is 1. The van der Waals surface area contributed by atoms with Gasteiger partial charge in [-0.2, -0.15) is 5.10 Å². The summed E-state index contributed by atoms with van der Waals surface area (Å²) in [6, 6.07) is 7.39. The molecule has 16 heavy (non-hydrogen) atoms. The van der Waals surface area contributed by atoms with Crippen LogP contribution in [0.4, 0.5) is 0 Å². The zero-order valence-electron chi connectivity index (χ0n) is 8.49. The standard InChI is InChI=1S/C11H9BrN2O2/c1-6-9(11(15)16)10(14-13-6)7-4-2-3-5-8(7)12/h2-5H,1H3,(H,13,14)(H,15,16). The van der Waals surface area contributed by atoms with Crippen molar-refractivity contribution in [2.45, 2.75) is 6.92 Å². The molecule has 4 nitrogen and oxygen atoms in total. The second kappa shape index (κ2) is 4.09. The summed E-state index contributed by atoms with van der Waals surface area (Å²) in [5, 5.41) is 15.8. The smallest absolute Gasteiger partial charge is 0.339 e. The summed E-state index contributed by atoms with van der Waals surface area (Å²) in [6.45, 7) is 1.69. The van der Waals surface area contributed by atoms with Gasteiger partial charge in [0.15, 0.2) is 0 Å². The maximum absolute atomic E-state index is 11.1. The summed E-state index contributed by atoms with van der Waals surface area (Å²) >= 11 is 3.38. The molecule has 0 aliphatic rings. The van der Waals surface area contributed by atoms with E-state index in [1.165, 1.54) is 0 Å². The van der Waals surface area contributed by atoms with E-state index in [9.17, 15) is 4.79 Å². The second-order valence-corrected chi connectivity index (χ2v) is 4.21. The first kappa shape index (κ1) is 10.9. The van der Waals surface area contributed by atoms with Crippen LogP contribution in [0.15, 0.2) is 28.7 Å². The Bertz CT molecular complexity index is 549. The summed E-state index contributed by atoms with van der Waals surface area (Å²) < 4.78 is 0.823. The third kappa shape index (κ3) is 1.74.